The summed E-state index contributed by atoms with van der Waals surface area (Å²) in [5.74, 6) is 0. The Balaban J connectivity index is 2.77. The van der Waals surface area contributed by atoms with Crippen LogP contribution in [0.1, 0.15) is 0 Å². The van der Waals surface area contributed by atoms with E-state index in [1.807, 2.05) is 0 Å². The van der Waals surface area contributed by atoms with Crippen LogP contribution in [0.2, 0.25) is 5.15 Å². The fourth-order valence-electron chi connectivity index (χ4n) is 1.73. The number of benzene rings is 1. The average Bonchev–Trinajstić information content (AvgIpc) is 2.30. The van der Waals surface area contributed by atoms with Gasteiger partial charge in [0.15, 0.2) is 0 Å². The second-order valence-corrected chi connectivity index (χ2v) is 5.38. The first kappa shape index (κ1) is 13.9. The molecule has 1 aromatic heterocycles. The third-order valence-corrected chi connectivity index (χ3v) is 3.38. The van der Waals surface area contributed by atoms with Gasteiger partial charge in [0.1, 0.15) is 5.15 Å². The van der Waals surface area contributed by atoms with E-state index >= 15 is 0 Å². The zero-order valence-corrected chi connectivity index (χ0v) is 12.6. The zero-order chi connectivity index (χ0) is 14.2. The first-order valence-electron chi connectivity index (χ1n) is 5.40. The minimum absolute atomic E-state index is 0.0374. The Morgan fingerprint density at radius 3 is 2.32 bits per heavy atom. The van der Waals surface area contributed by atoms with Gasteiger partial charge in [-0.3, -0.25) is 9.78 Å². The van der Waals surface area contributed by atoms with Crippen molar-refractivity contribution in [2.45, 2.75) is 0 Å². The summed E-state index contributed by atoms with van der Waals surface area (Å²) in [5.41, 5.74) is -0.116. The Kier molecular flexibility index (Phi) is 3.82. The monoisotopic (exact) mass is 343 g/mol. The molecule has 0 spiro atoms. The van der Waals surface area contributed by atoms with Crippen molar-refractivity contribution in [3.8, 4) is 11.1 Å². The van der Waals surface area contributed by atoms with Crippen molar-refractivity contribution in [2.75, 3.05) is 19.1 Å². The molecule has 7 heteroatoms. The molecular weight excluding hydrogens is 334 g/mol. The minimum atomic E-state index is -0.569. The lowest BCUT2D eigenvalue weighted by Gasteiger charge is -2.15. The van der Waals surface area contributed by atoms with Crippen LogP contribution in [0.5, 0.6) is 0 Å². The van der Waals surface area contributed by atoms with Crippen LogP contribution in [0.3, 0.4) is 0 Å². The van der Waals surface area contributed by atoms with E-state index in [0.717, 1.165) is 9.15 Å². The van der Waals surface area contributed by atoms with Gasteiger partial charge in [0, 0.05) is 18.6 Å². The molecule has 0 fully saturated rings. The lowest BCUT2D eigenvalue weighted by atomic mass is 10.1. The highest BCUT2D eigenvalue weighted by Gasteiger charge is 2.15. The predicted octanol–water partition coefficient (Wildman–Crippen LogP) is 1.82. The highest BCUT2D eigenvalue weighted by atomic mass is 79.9. The predicted molar refractivity (Wildman–Crippen MR) is 79.5 cm³/mol. The maximum atomic E-state index is 12.3. The van der Waals surface area contributed by atoms with Gasteiger partial charge in [-0.25, -0.2) is 4.79 Å². The van der Waals surface area contributed by atoms with Crippen LogP contribution < -0.4 is 16.3 Å². The number of hydrogen-bond donors (Lipinski definition) is 1. The molecule has 1 heterocycles. The maximum absolute atomic E-state index is 12.3. The molecule has 1 aromatic carbocycles. The summed E-state index contributed by atoms with van der Waals surface area (Å²) < 4.78 is 1.88. The molecule has 19 heavy (non-hydrogen) atoms. The van der Waals surface area contributed by atoms with Gasteiger partial charge in [-0.15, -0.1) is 0 Å². The highest BCUT2D eigenvalue weighted by Crippen LogP contribution is 2.23. The number of hydrogen-bond acceptors (Lipinski definition) is 3. The molecule has 2 aromatic rings. The van der Waals surface area contributed by atoms with Crippen molar-refractivity contribution in [2.24, 2.45) is 0 Å². The Morgan fingerprint density at radius 2 is 1.79 bits per heavy atom. The summed E-state index contributed by atoms with van der Waals surface area (Å²) in [7, 11) is 3.21. The van der Waals surface area contributed by atoms with E-state index in [1.54, 1.807) is 38.4 Å². The molecule has 0 saturated carbocycles. The van der Waals surface area contributed by atoms with Crippen LogP contribution in [0.15, 0.2) is 38.3 Å². The third-order valence-electron chi connectivity index (χ3n) is 2.57. The van der Waals surface area contributed by atoms with Crippen molar-refractivity contribution in [1.82, 2.24) is 9.66 Å². The van der Waals surface area contributed by atoms with Crippen molar-refractivity contribution >= 4 is 27.5 Å². The van der Waals surface area contributed by atoms with E-state index in [2.05, 4.69) is 20.9 Å². The topological polar surface area (TPSA) is 58.1 Å². The third kappa shape index (κ3) is 2.59. The molecule has 0 unspecified atom stereocenters. The first-order valence-corrected chi connectivity index (χ1v) is 6.57. The molecular formula is C12H11BrClN3O2. The van der Waals surface area contributed by atoms with Gasteiger partial charge in [-0.1, -0.05) is 39.7 Å². The van der Waals surface area contributed by atoms with Gasteiger partial charge in [0.05, 0.1) is 5.56 Å². The Bertz CT molecular complexity index is 719. The molecule has 0 saturated heterocycles. The average molecular weight is 345 g/mol. The molecule has 0 aliphatic carbocycles. The number of H-pyrrole nitrogens is 1. The zero-order valence-electron chi connectivity index (χ0n) is 10.3. The summed E-state index contributed by atoms with van der Waals surface area (Å²) in [5, 5.41) is 1.44. The van der Waals surface area contributed by atoms with E-state index < -0.39 is 11.2 Å². The van der Waals surface area contributed by atoms with Crippen molar-refractivity contribution < 1.29 is 0 Å². The summed E-state index contributed by atoms with van der Waals surface area (Å²) >= 11 is 9.31. The second-order valence-electron chi connectivity index (χ2n) is 4.09. The summed E-state index contributed by atoms with van der Waals surface area (Å²) in [6.45, 7) is 0. The molecule has 5 nitrogen and oxygen atoms in total. The van der Waals surface area contributed by atoms with Gasteiger partial charge < -0.3 is 5.01 Å². The van der Waals surface area contributed by atoms with Gasteiger partial charge in [-0.05, 0) is 17.7 Å². The summed E-state index contributed by atoms with van der Waals surface area (Å²) in [6.07, 6.45) is 0. The number of aromatic amines is 1. The van der Waals surface area contributed by atoms with E-state index in [9.17, 15) is 9.59 Å². The minimum Gasteiger partial charge on any atom is -0.312 e. The van der Waals surface area contributed by atoms with Crippen molar-refractivity contribution in [3.63, 3.8) is 0 Å². The standard InChI is InChI=1S/C12H11BrClN3O2/c1-16(2)17-11(18)9(10(14)15-12(17)19)7-3-5-8(13)6-4-7/h3-6H,1-2H3,(H,15,19). The van der Waals surface area contributed by atoms with Crippen LogP contribution in [0.4, 0.5) is 0 Å². The molecule has 0 bridgehead atoms. The van der Waals surface area contributed by atoms with E-state index in [0.29, 0.717) is 5.56 Å². The number of halogens is 2. The van der Waals surface area contributed by atoms with Gasteiger partial charge in [0.2, 0.25) is 0 Å². The molecule has 0 atom stereocenters. The number of nitrogens with one attached hydrogen (secondary N) is 1. The molecule has 0 amide bonds. The highest BCUT2D eigenvalue weighted by molar-refractivity contribution is 9.10. The molecule has 0 aliphatic rings. The quantitative estimate of drug-likeness (QED) is 0.846. The van der Waals surface area contributed by atoms with Crippen LogP contribution in [0.25, 0.3) is 11.1 Å². The first-order chi connectivity index (χ1) is 8.91. The van der Waals surface area contributed by atoms with Crippen LogP contribution >= 0.6 is 27.5 Å². The molecule has 1 N–H and O–H groups in total. The number of nitrogens with zero attached hydrogens (tertiary/aromatic N) is 2. The lowest BCUT2D eigenvalue weighted by Crippen LogP contribution is -2.47. The van der Waals surface area contributed by atoms with Crippen molar-refractivity contribution in [3.05, 3.63) is 54.7 Å². The maximum Gasteiger partial charge on any atom is 0.348 e. The van der Waals surface area contributed by atoms with Gasteiger partial charge in [0.25, 0.3) is 5.56 Å². The number of rotatable bonds is 2. The fraction of sp³-hybridized carbons (Fsp3) is 0.167. The normalized spacial score (nSPS) is 10.5. The second kappa shape index (κ2) is 5.22. The largest absolute Gasteiger partial charge is 0.348 e. The Morgan fingerprint density at radius 1 is 1.21 bits per heavy atom. The van der Waals surface area contributed by atoms with Crippen LogP contribution in [-0.4, -0.2) is 23.8 Å². The van der Waals surface area contributed by atoms with E-state index in [4.69, 9.17) is 11.6 Å². The molecule has 100 valence electrons. The van der Waals surface area contributed by atoms with Gasteiger partial charge in [-0.2, -0.15) is 4.68 Å². The Hall–Kier alpha value is -1.53. The molecule has 2 rings (SSSR count). The fourth-order valence-corrected chi connectivity index (χ4v) is 2.27. The van der Waals surface area contributed by atoms with Crippen LogP contribution in [0, 0.1) is 0 Å². The summed E-state index contributed by atoms with van der Waals surface area (Å²) in [6, 6.07) is 7.11. The van der Waals surface area contributed by atoms with Crippen molar-refractivity contribution in [1.29, 1.82) is 0 Å². The molecule has 0 radical (unpaired) electrons. The van der Waals surface area contributed by atoms with E-state index in [-0.39, 0.29) is 10.7 Å². The summed E-state index contributed by atoms with van der Waals surface area (Å²) in [4.78, 5) is 26.5. The molecule has 0 aliphatic heterocycles. The SMILES string of the molecule is CN(C)n1c(=O)[nH]c(Cl)c(-c2ccc(Br)cc2)c1=O. The van der Waals surface area contributed by atoms with Crippen LogP contribution in [-0.2, 0) is 0 Å². The number of aromatic nitrogens is 2. The lowest BCUT2D eigenvalue weighted by molar-refractivity contribution is 0.654. The van der Waals surface area contributed by atoms with E-state index in [1.165, 1.54) is 5.01 Å². The van der Waals surface area contributed by atoms with Gasteiger partial charge >= 0.3 is 5.69 Å². The smallest absolute Gasteiger partial charge is 0.312 e. The Labute approximate surface area is 122 Å².